The van der Waals surface area contributed by atoms with Gasteiger partial charge in [-0.05, 0) is 45.0 Å². The highest BCUT2D eigenvalue weighted by Crippen LogP contribution is 2.12. The second-order valence-electron chi connectivity index (χ2n) is 5.39. The topological polar surface area (TPSA) is 75.3 Å². The molecule has 0 unspecified atom stereocenters. The Morgan fingerprint density at radius 3 is 2.20 bits per heavy atom. The molecule has 0 aliphatic carbocycles. The largest absolute Gasteiger partial charge is 0.347 e. The molecule has 7 heteroatoms. The van der Waals surface area contributed by atoms with Crippen LogP contribution < -0.4 is 10.0 Å². The molecule has 0 spiro atoms. The van der Waals surface area contributed by atoms with Crippen LogP contribution in [0.4, 0.5) is 5.69 Å². The Balaban J connectivity index is 2.77. The highest BCUT2D eigenvalue weighted by atomic mass is 35.5. The van der Waals surface area contributed by atoms with E-state index in [0.717, 1.165) is 0 Å². The third kappa shape index (κ3) is 5.79. The van der Waals surface area contributed by atoms with Crippen LogP contribution >= 0.6 is 11.6 Å². The van der Waals surface area contributed by atoms with E-state index >= 15 is 0 Å². The molecule has 0 saturated heterocycles. The van der Waals surface area contributed by atoms with Crippen molar-refractivity contribution in [1.82, 2.24) is 5.32 Å². The zero-order chi connectivity index (χ0) is 15.4. The molecular weight excluding hydrogens is 300 g/mol. The molecule has 0 aliphatic rings. The molecule has 0 fully saturated rings. The Morgan fingerprint density at radius 1 is 1.20 bits per heavy atom. The van der Waals surface area contributed by atoms with Gasteiger partial charge in [-0.25, -0.2) is 8.42 Å². The molecular formula is C13H19ClN2O3S. The van der Waals surface area contributed by atoms with Gasteiger partial charge < -0.3 is 5.32 Å². The number of rotatable bonds is 5. The number of alkyl halides is 1. The molecule has 20 heavy (non-hydrogen) atoms. The van der Waals surface area contributed by atoms with Crippen molar-refractivity contribution in [1.29, 1.82) is 0 Å². The summed E-state index contributed by atoms with van der Waals surface area (Å²) in [7, 11) is -3.43. The number of sulfonamides is 1. The first-order valence-corrected chi connectivity index (χ1v) is 8.31. The van der Waals surface area contributed by atoms with E-state index in [4.69, 9.17) is 11.6 Å². The minimum Gasteiger partial charge on any atom is -0.347 e. The van der Waals surface area contributed by atoms with E-state index in [1.807, 2.05) is 20.8 Å². The third-order valence-electron chi connectivity index (χ3n) is 2.25. The van der Waals surface area contributed by atoms with Gasteiger partial charge in [0.05, 0.1) is 5.75 Å². The molecule has 0 atom stereocenters. The minimum absolute atomic E-state index is 0.0292. The normalized spacial score (nSPS) is 12.0. The fourth-order valence-electron chi connectivity index (χ4n) is 1.43. The summed E-state index contributed by atoms with van der Waals surface area (Å²) < 4.78 is 25.5. The first-order chi connectivity index (χ1) is 9.13. The fraction of sp³-hybridized carbons (Fsp3) is 0.462. The van der Waals surface area contributed by atoms with E-state index in [9.17, 15) is 13.2 Å². The number of carbonyl (C=O) groups excluding carboxylic acids is 1. The number of amides is 1. The van der Waals surface area contributed by atoms with Gasteiger partial charge in [-0.15, -0.1) is 11.6 Å². The summed E-state index contributed by atoms with van der Waals surface area (Å²) in [6.45, 7) is 5.67. The standard InChI is InChI=1S/C13H19ClN2O3S/c1-13(2,3)15-12(17)10-4-6-11(7-5-10)16-20(18,19)9-8-14/h4-7,16H,8-9H2,1-3H3,(H,15,17). The first-order valence-electron chi connectivity index (χ1n) is 6.12. The number of halogens is 1. The van der Waals surface area contributed by atoms with Gasteiger partial charge in [0.1, 0.15) is 0 Å². The van der Waals surface area contributed by atoms with Crippen molar-refractivity contribution >= 4 is 33.2 Å². The van der Waals surface area contributed by atoms with Gasteiger partial charge in [0.2, 0.25) is 10.0 Å². The summed E-state index contributed by atoms with van der Waals surface area (Å²) >= 11 is 5.41. The Bertz CT molecular complexity index is 562. The Kier molecular flexibility index (Phi) is 5.42. The minimum atomic E-state index is -3.43. The number of benzene rings is 1. The van der Waals surface area contributed by atoms with Crippen LogP contribution in [0.2, 0.25) is 0 Å². The molecule has 1 aromatic rings. The van der Waals surface area contributed by atoms with E-state index < -0.39 is 10.0 Å². The van der Waals surface area contributed by atoms with Crippen LogP contribution in [0.15, 0.2) is 24.3 Å². The van der Waals surface area contributed by atoms with Crippen molar-refractivity contribution < 1.29 is 13.2 Å². The van der Waals surface area contributed by atoms with Crippen molar-refractivity contribution in [2.24, 2.45) is 0 Å². The molecule has 0 aliphatic heterocycles. The lowest BCUT2D eigenvalue weighted by atomic mass is 10.1. The average Bonchev–Trinajstić information content (AvgIpc) is 2.26. The van der Waals surface area contributed by atoms with Gasteiger partial charge in [-0.3, -0.25) is 9.52 Å². The van der Waals surface area contributed by atoms with Gasteiger partial charge in [-0.2, -0.15) is 0 Å². The highest BCUT2D eigenvalue weighted by molar-refractivity contribution is 7.92. The van der Waals surface area contributed by atoms with E-state index in [-0.39, 0.29) is 23.1 Å². The van der Waals surface area contributed by atoms with E-state index in [2.05, 4.69) is 10.0 Å². The smallest absolute Gasteiger partial charge is 0.251 e. The van der Waals surface area contributed by atoms with Crippen LogP contribution in [0.1, 0.15) is 31.1 Å². The van der Waals surface area contributed by atoms with Crippen molar-refractivity contribution in [2.75, 3.05) is 16.4 Å². The molecule has 0 bridgehead atoms. The summed E-state index contributed by atoms with van der Waals surface area (Å²) in [5.74, 6) is -0.324. The second-order valence-corrected chi connectivity index (χ2v) is 7.61. The Hall–Kier alpha value is -1.27. The molecule has 2 N–H and O–H groups in total. The van der Waals surface area contributed by atoms with Crippen LogP contribution in [-0.2, 0) is 10.0 Å². The summed E-state index contributed by atoms with van der Waals surface area (Å²) in [5.41, 5.74) is 0.556. The molecule has 1 rings (SSSR count). The van der Waals surface area contributed by atoms with Gasteiger partial charge in [0, 0.05) is 22.7 Å². The van der Waals surface area contributed by atoms with Crippen molar-refractivity contribution in [3.8, 4) is 0 Å². The summed E-state index contributed by atoms with van der Waals surface area (Å²) in [6, 6.07) is 6.23. The van der Waals surface area contributed by atoms with Crippen molar-refractivity contribution in [3.63, 3.8) is 0 Å². The van der Waals surface area contributed by atoms with Gasteiger partial charge in [0.25, 0.3) is 5.91 Å². The zero-order valence-corrected chi connectivity index (χ0v) is 13.3. The number of anilines is 1. The molecule has 1 aromatic carbocycles. The Morgan fingerprint density at radius 2 is 1.75 bits per heavy atom. The number of hydrogen-bond acceptors (Lipinski definition) is 3. The van der Waals surface area contributed by atoms with Crippen LogP contribution in [0.25, 0.3) is 0 Å². The van der Waals surface area contributed by atoms with E-state index in [1.54, 1.807) is 24.3 Å². The summed E-state index contributed by atoms with van der Waals surface area (Å²) in [4.78, 5) is 11.9. The monoisotopic (exact) mass is 318 g/mol. The van der Waals surface area contributed by atoms with Gasteiger partial charge >= 0.3 is 0 Å². The van der Waals surface area contributed by atoms with Crippen LogP contribution in [0.3, 0.4) is 0 Å². The van der Waals surface area contributed by atoms with Crippen molar-refractivity contribution in [3.05, 3.63) is 29.8 Å². The molecule has 5 nitrogen and oxygen atoms in total. The molecule has 1 amide bonds. The summed E-state index contributed by atoms with van der Waals surface area (Å²) in [5, 5.41) is 2.83. The molecule has 112 valence electrons. The fourth-order valence-corrected chi connectivity index (χ4v) is 2.84. The SMILES string of the molecule is CC(C)(C)NC(=O)c1ccc(NS(=O)(=O)CCCl)cc1. The predicted octanol–water partition coefficient (Wildman–Crippen LogP) is 2.20. The van der Waals surface area contributed by atoms with Crippen LogP contribution in [0, 0.1) is 0 Å². The second kappa shape index (κ2) is 6.45. The third-order valence-corrected chi connectivity index (χ3v) is 3.96. The molecule has 0 radical (unpaired) electrons. The van der Waals surface area contributed by atoms with Gasteiger partial charge in [0.15, 0.2) is 0 Å². The van der Waals surface area contributed by atoms with Crippen LogP contribution in [0.5, 0.6) is 0 Å². The summed E-state index contributed by atoms with van der Waals surface area (Å²) in [6.07, 6.45) is 0. The molecule has 0 aromatic heterocycles. The zero-order valence-electron chi connectivity index (χ0n) is 11.7. The van der Waals surface area contributed by atoms with Gasteiger partial charge in [-0.1, -0.05) is 0 Å². The first kappa shape index (κ1) is 16.8. The molecule has 0 heterocycles. The maximum atomic E-state index is 11.9. The Labute approximate surface area is 124 Å². The number of carbonyl (C=O) groups is 1. The van der Waals surface area contributed by atoms with E-state index in [0.29, 0.717) is 11.3 Å². The number of hydrogen-bond donors (Lipinski definition) is 2. The maximum absolute atomic E-state index is 11.9. The lowest BCUT2D eigenvalue weighted by Crippen LogP contribution is -2.40. The van der Waals surface area contributed by atoms with E-state index in [1.165, 1.54) is 0 Å². The van der Waals surface area contributed by atoms with Crippen LogP contribution in [-0.4, -0.2) is 31.5 Å². The number of nitrogens with one attached hydrogen (secondary N) is 2. The quantitative estimate of drug-likeness (QED) is 0.817. The molecule has 0 saturated carbocycles. The predicted molar refractivity (Wildman–Crippen MR) is 81.8 cm³/mol. The lowest BCUT2D eigenvalue weighted by Gasteiger charge is -2.20. The maximum Gasteiger partial charge on any atom is 0.251 e. The average molecular weight is 319 g/mol. The lowest BCUT2D eigenvalue weighted by molar-refractivity contribution is 0.0919. The highest BCUT2D eigenvalue weighted by Gasteiger charge is 2.15. The van der Waals surface area contributed by atoms with Crippen molar-refractivity contribution in [2.45, 2.75) is 26.3 Å².